The molecule has 0 fully saturated rings. The van der Waals surface area contributed by atoms with E-state index in [0.717, 1.165) is 5.69 Å². The van der Waals surface area contributed by atoms with Crippen LogP contribution in [0.5, 0.6) is 11.5 Å². The molecule has 2 N–H and O–H groups in total. The van der Waals surface area contributed by atoms with Gasteiger partial charge in [-0.05, 0) is 39.8 Å². The van der Waals surface area contributed by atoms with Gasteiger partial charge in [0.1, 0.15) is 5.60 Å². The van der Waals surface area contributed by atoms with E-state index in [1.807, 2.05) is 45.9 Å². The molecular weight excluding hydrogens is 284 g/mol. The Morgan fingerprint density at radius 3 is 2.50 bits per heavy atom. The third kappa shape index (κ3) is 6.56. The number of ether oxygens (including phenoxy) is 3. The number of carbonyl (C=O) groups is 1. The van der Waals surface area contributed by atoms with E-state index in [-0.39, 0.29) is 0 Å². The fourth-order valence-electron chi connectivity index (χ4n) is 1.74. The Hall–Kier alpha value is -2.11. The molecule has 0 aliphatic heterocycles. The molecule has 6 nitrogen and oxygen atoms in total. The summed E-state index contributed by atoms with van der Waals surface area (Å²) in [5.74, 6) is 1.38. The second kappa shape index (κ2) is 8.36. The predicted octanol–water partition coefficient (Wildman–Crippen LogP) is 3.03. The van der Waals surface area contributed by atoms with Crippen LogP contribution in [0.25, 0.3) is 0 Å². The second-order valence-corrected chi connectivity index (χ2v) is 5.65. The van der Waals surface area contributed by atoms with E-state index in [4.69, 9.17) is 14.2 Å². The van der Waals surface area contributed by atoms with Gasteiger partial charge in [-0.1, -0.05) is 0 Å². The number of alkyl carbamates (subject to hydrolysis) is 1. The summed E-state index contributed by atoms with van der Waals surface area (Å²) in [5, 5.41) is 5.90. The summed E-state index contributed by atoms with van der Waals surface area (Å²) in [5.41, 5.74) is 0.412. The van der Waals surface area contributed by atoms with Gasteiger partial charge in [0.05, 0.1) is 13.7 Å². The molecule has 124 valence electrons. The van der Waals surface area contributed by atoms with Gasteiger partial charge in [0.2, 0.25) is 0 Å². The van der Waals surface area contributed by atoms with Crippen LogP contribution in [0.3, 0.4) is 0 Å². The van der Waals surface area contributed by atoms with Crippen molar-refractivity contribution in [3.63, 3.8) is 0 Å². The topological polar surface area (TPSA) is 68.8 Å². The van der Waals surface area contributed by atoms with E-state index in [0.29, 0.717) is 31.2 Å². The maximum Gasteiger partial charge on any atom is 0.407 e. The van der Waals surface area contributed by atoms with Gasteiger partial charge >= 0.3 is 6.09 Å². The molecule has 0 unspecified atom stereocenters. The molecule has 1 rings (SSSR count). The van der Waals surface area contributed by atoms with Crippen LogP contribution < -0.4 is 20.1 Å². The van der Waals surface area contributed by atoms with Gasteiger partial charge in [0.15, 0.2) is 11.5 Å². The highest BCUT2D eigenvalue weighted by molar-refractivity contribution is 5.67. The summed E-state index contributed by atoms with van der Waals surface area (Å²) in [6.07, 6.45) is -0.418. The highest BCUT2D eigenvalue weighted by atomic mass is 16.6. The van der Waals surface area contributed by atoms with Gasteiger partial charge in [-0.25, -0.2) is 4.79 Å². The highest BCUT2D eigenvalue weighted by Gasteiger charge is 2.15. The maximum atomic E-state index is 11.5. The molecule has 0 aliphatic carbocycles. The Morgan fingerprint density at radius 1 is 1.18 bits per heavy atom. The van der Waals surface area contributed by atoms with Crippen molar-refractivity contribution in [2.24, 2.45) is 0 Å². The molecule has 22 heavy (non-hydrogen) atoms. The van der Waals surface area contributed by atoms with Crippen LogP contribution >= 0.6 is 0 Å². The Morgan fingerprint density at radius 2 is 1.91 bits per heavy atom. The van der Waals surface area contributed by atoms with E-state index in [2.05, 4.69) is 10.6 Å². The lowest BCUT2D eigenvalue weighted by atomic mass is 10.2. The molecule has 1 amide bonds. The summed E-state index contributed by atoms with van der Waals surface area (Å²) < 4.78 is 15.9. The zero-order valence-corrected chi connectivity index (χ0v) is 14.0. The first-order valence-corrected chi connectivity index (χ1v) is 7.37. The van der Waals surface area contributed by atoms with Gasteiger partial charge < -0.3 is 24.8 Å². The maximum absolute atomic E-state index is 11.5. The average molecular weight is 310 g/mol. The third-order valence-corrected chi connectivity index (χ3v) is 2.59. The SMILES string of the molecule is CCOc1cc(NCCNC(=O)OC(C)(C)C)ccc1OC. The van der Waals surface area contributed by atoms with E-state index >= 15 is 0 Å². The Bertz CT molecular complexity index is 484. The molecule has 0 aromatic heterocycles. The molecule has 1 aromatic carbocycles. The number of hydrogen-bond acceptors (Lipinski definition) is 5. The van der Waals surface area contributed by atoms with Crippen molar-refractivity contribution in [2.45, 2.75) is 33.3 Å². The molecule has 6 heteroatoms. The minimum atomic E-state index is -0.486. The standard InChI is InChI=1S/C16H26N2O4/c1-6-21-14-11-12(7-8-13(14)20-5)17-9-10-18-15(19)22-16(2,3)4/h7-8,11,17H,6,9-10H2,1-5H3,(H,18,19). The zero-order chi connectivity index (χ0) is 16.6. The van der Waals surface area contributed by atoms with Crippen LogP contribution in [0, 0.1) is 0 Å². The van der Waals surface area contributed by atoms with Crippen molar-refractivity contribution in [3.05, 3.63) is 18.2 Å². The van der Waals surface area contributed by atoms with Crippen LogP contribution in [0.1, 0.15) is 27.7 Å². The van der Waals surface area contributed by atoms with Gasteiger partial charge in [0, 0.05) is 24.8 Å². The molecule has 0 saturated heterocycles. The molecule has 0 heterocycles. The molecule has 0 spiro atoms. The Kier molecular flexibility index (Phi) is 6.82. The molecule has 0 radical (unpaired) electrons. The minimum Gasteiger partial charge on any atom is -0.493 e. The molecule has 1 aromatic rings. The number of amides is 1. The number of benzene rings is 1. The summed E-state index contributed by atoms with van der Waals surface area (Å²) in [7, 11) is 1.61. The lowest BCUT2D eigenvalue weighted by molar-refractivity contribution is 0.0530. The Balaban J connectivity index is 2.42. The average Bonchev–Trinajstić information content (AvgIpc) is 2.42. The quantitative estimate of drug-likeness (QED) is 0.758. The number of anilines is 1. The zero-order valence-electron chi connectivity index (χ0n) is 14.0. The third-order valence-electron chi connectivity index (χ3n) is 2.59. The fraction of sp³-hybridized carbons (Fsp3) is 0.562. The van der Waals surface area contributed by atoms with E-state index < -0.39 is 11.7 Å². The van der Waals surface area contributed by atoms with Crippen LogP contribution in [0.15, 0.2) is 18.2 Å². The number of nitrogens with one attached hydrogen (secondary N) is 2. The normalized spacial score (nSPS) is 10.8. The first-order chi connectivity index (χ1) is 10.4. The first kappa shape index (κ1) is 17.9. The van der Waals surface area contributed by atoms with Crippen molar-refractivity contribution < 1.29 is 19.0 Å². The van der Waals surface area contributed by atoms with Crippen molar-refractivity contribution in [3.8, 4) is 11.5 Å². The van der Waals surface area contributed by atoms with Crippen LogP contribution in [-0.4, -0.2) is 38.5 Å². The van der Waals surface area contributed by atoms with E-state index in [9.17, 15) is 4.79 Å². The van der Waals surface area contributed by atoms with Crippen molar-refractivity contribution >= 4 is 11.8 Å². The van der Waals surface area contributed by atoms with Crippen LogP contribution in [0.2, 0.25) is 0 Å². The summed E-state index contributed by atoms with van der Waals surface area (Å²) in [6, 6.07) is 5.61. The second-order valence-electron chi connectivity index (χ2n) is 5.65. The van der Waals surface area contributed by atoms with Crippen molar-refractivity contribution in [1.82, 2.24) is 5.32 Å². The lowest BCUT2D eigenvalue weighted by Gasteiger charge is -2.19. The minimum absolute atomic E-state index is 0.418. The van der Waals surface area contributed by atoms with Crippen molar-refractivity contribution in [2.75, 3.05) is 32.1 Å². The van der Waals surface area contributed by atoms with Crippen molar-refractivity contribution in [1.29, 1.82) is 0 Å². The predicted molar refractivity (Wildman–Crippen MR) is 86.9 cm³/mol. The smallest absolute Gasteiger partial charge is 0.407 e. The monoisotopic (exact) mass is 310 g/mol. The van der Waals surface area contributed by atoms with Gasteiger partial charge in [-0.3, -0.25) is 0 Å². The van der Waals surface area contributed by atoms with Gasteiger partial charge in [0.25, 0.3) is 0 Å². The Labute approximate surface area is 132 Å². The van der Waals surface area contributed by atoms with Crippen LogP contribution in [0.4, 0.5) is 10.5 Å². The number of carbonyl (C=O) groups excluding carboxylic acids is 1. The number of methoxy groups -OCH3 is 1. The van der Waals surface area contributed by atoms with Gasteiger partial charge in [-0.15, -0.1) is 0 Å². The van der Waals surface area contributed by atoms with Crippen LogP contribution in [-0.2, 0) is 4.74 Å². The molecule has 0 bridgehead atoms. The summed E-state index contributed by atoms with van der Waals surface area (Å²) >= 11 is 0. The molecule has 0 saturated carbocycles. The molecule has 0 aliphatic rings. The van der Waals surface area contributed by atoms with E-state index in [1.54, 1.807) is 7.11 Å². The number of rotatable bonds is 7. The lowest BCUT2D eigenvalue weighted by Crippen LogP contribution is -2.34. The molecular formula is C16H26N2O4. The molecule has 0 atom stereocenters. The highest BCUT2D eigenvalue weighted by Crippen LogP contribution is 2.29. The number of hydrogen-bond donors (Lipinski definition) is 2. The first-order valence-electron chi connectivity index (χ1n) is 7.37. The van der Waals surface area contributed by atoms with E-state index in [1.165, 1.54) is 0 Å². The summed E-state index contributed by atoms with van der Waals surface area (Å²) in [6.45, 7) is 9.03. The van der Waals surface area contributed by atoms with Gasteiger partial charge in [-0.2, -0.15) is 0 Å². The largest absolute Gasteiger partial charge is 0.493 e. The fourth-order valence-corrected chi connectivity index (χ4v) is 1.74. The summed E-state index contributed by atoms with van der Waals surface area (Å²) in [4.78, 5) is 11.5.